The van der Waals surface area contributed by atoms with Crippen LogP contribution in [0.25, 0.3) is 0 Å². The normalized spacial score (nSPS) is 19.4. The molecule has 0 bridgehead atoms. The van der Waals surface area contributed by atoms with Crippen LogP contribution in [0.5, 0.6) is 0 Å². The van der Waals surface area contributed by atoms with E-state index in [0.717, 1.165) is 23.7 Å². The molecule has 0 spiro atoms. The van der Waals surface area contributed by atoms with Gasteiger partial charge in [0, 0.05) is 16.8 Å². The number of nitrogens with one attached hydrogen (secondary N) is 1. The standard InChI is InChI=1S/C15H18I3NO2/c1-15(2,12-5-3-4-6-19-12)21-14(20)10-7-9(16)8-11(17)13(10)18/h7-8,12,19H,3-6H2,1-2H3. The average molecular weight is 625 g/mol. The zero-order valence-corrected chi connectivity index (χ0v) is 18.5. The van der Waals surface area contributed by atoms with Crippen LogP contribution in [0.4, 0.5) is 0 Å². The predicted octanol–water partition coefficient (Wildman–Crippen LogP) is 4.58. The van der Waals surface area contributed by atoms with Crippen LogP contribution < -0.4 is 5.32 Å². The summed E-state index contributed by atoms with van der Waals surface area (Å²) in [6.45, 7) is 5.00. The third kappa shape index (κ3) is 4.66. The summed E-state index contributed by atoms with van der Waals surface area (Å²) in [6, 6.07) is 4.19. The lowest BCUT2D eigenvalue weighted by Crippen LogP contribution is -2.51. The molecule has 1 atom stereocenters. The Morgan fingerprint density at radius 2 is 2.00 bits per heavy atom. The topological polar surface area (TPSA) is 38.3 Å². The number of carbonyl (C=O) groups excluding carboxylic acids is 1. The maximum Gasteiger partial charge on any atom is 0.339 e. The quantitative estimate of drug-likeness (QED) is 0.304. The van der Waals surface area contributed by atoms with Gasteiger partial charge in [-0.1, -0.05) is 6.42 Å². The van der Waals surface area contributed by atoms with Crippen molar-refractivity contribution in [1.82, 2.24) is 5.32 Å². The van der Waals surface area contributed by atoms with Gasteiger partial charge in [-0.2, -0.15) is 0 Å². The van der Waals surface area contributed by atoms with Gasteiger partial charge in [-0.15, -0.1) is 0 Å². The summed E-state index contributed by atoms with van der Waals surface area (Å²) in [4.78, 5) is 12.6. The van der Waals surface area contributed by atoms with E-state index < -0.39 is 5.60 Å². The fraction of sp³-hybridized carbons (Fsp3) is 0.533. The number of benzene rings is 1. The summed E-state index contributed by atoms with van der Waals surface area (Å²) in [5, 5.41) is 3.47. The summed E-state index contributed by atoms with van der Waals surface area (Å²) < 4.78 is 8.94. The Morgan fingerprint density at radius 3 is 2.62 bits per heavy atom. The van der Waals surface area contributed by atoms with Crippen LogP contribution in [0.1, 0.15) is 43.5 Å². The first-order valence-electron chi connectivity index (χ1n) is 6.92. The summed E-state index contributed by atoms with van der Waals surface area (Å²) >= 11 is 6.71. The first-order chi connectivity index (χ1) is 9.81. The van der Waals surface area contributed by atoms with Gasteiger partial charge < -0.3 is 10.1 Å². The number of piperidine rings is 1. The molecule has 1 aliphatic rings. The smallest absolute Gasteiger partial charge is 0.339 e. The van der Waals surface area contributed by atoms with Crippen molar-refractivity contribution in [3.63, 3.8) is 0 Å². The Balaban J connectivity index is 2.17. The van der Waals surface area contributed by atoms with Gasteiger partial charge in [-0.3, -0.25) is 0 Å². The van der Waals surface area contributed by atoms with Crippen LogP contribution in [-0.4, -0.2) is 24.2 Å². The second kappa shape index (κ2) is 7.61. The van der Waals surface area contributed by atoms with Crippen LogP contribution in [-0.2, 0) is 4.74 Å². The molecule has 1 aliphatic heterocycles. The number of rotatable bonds is 3. The minimum atomic E-state index is -0.493. The molecular weight excluding hydrogens is 607 g/mol. The fourth-order valence-electron chi connectivity index (χ4n) is 2.51. The van der Waals surface area contributed by atoms with Crippen molar-refractivity contribution in [1.29, 1.82) is 0 Å². The van der Waals surface area contributed by atoms with E-state index in [1.807, 2.05) is 19.9 Å². The summed E-state index contributed by atoms with van der Waals surface area (Å²) in [6.07, 6.45) is 3.45. The van der Waals surface area contributed by atoms with Crippen molar-refractivity contribution in [3.05, 3.63) is 28.4 Å². The Labute approximate surface area is 166 Å². The lowest BCUT2D eigenvalue weighted by Gasteiger charge is -2.37. The van der Waals surface area contributed by atoms with Crippen molar-refractivity contribution in [2.75, 3.05) is 6.54 Å². The third-order valence-electron chi connectivity index (χ3n) is 3.72. The maximum absolute atomic E-state index is 12.6. The summed E-state index contributed by atoms with van der Waals surface area (Å²) in [7, 11) is 0. The molecule has 1 heterocycles. The first-order valence-corrected chi connectivity index (χ1v) is 10.2. The van der Waals surface area contributed by atoms with Crippen molar-refractivity contribution in [3.8, 4) is 0 Å². The van der Waals surface area contributed by atoms with Gasteiger partial charge in [0.1, 0.15) is 5.60 Å². The number of ether oxygens (including phenoxy) is 1. The molecule has 1 aromatic carbocycles. The van der Waals surface area contributed by atoms with Crippen LogP contribution in [0.3, 0.4) is 0 Å². The number of halogens is 3. The fourth-order valence-corrected chi connectivity index (χ4v) is 4.89. The van der Waals surface area contributed by atoms with E-state index in [1.165, 1.54) is 12.8 Å². The highest BCUT2D eigenvalue weighted by molar-refractivity contribution is 14.1. The third-order valence-corrected chi connectivity index (χ3v) is 7.39. The Kier molecular flexibility index (Phi) is 6.59. The molecule has 0 aliphatic carbocycles. The van der Waals surface area contributed by atoms with E-state index in [1.54, 1.807) is 0 Å². The number of hydrogen-bond donors (Lipinski definition) is 1. The van der Waals surface area contributed by atoms with Gasteiger partial charge in [0.2, 0.25) is 0 Å². The van der Waals surface area contributed by atoms with E-state index in [-0.39, 0.29) is 12.0 Å². The molecule has 1 saturated heterocycles. The number of carbonyl (C=O) groups is 1. The molecule has 2 rings (SSSR count). The number of esters is 1. The molecule has 0 aromatic heterocycles. The highest BCUT2D eigenvalue weighted by atomic mass is 127. The Morgan fingerprint density at radius 1 is 1.29 bits per heavy atom. The minimum absolute atomic E-state index is 0.229. The lowest BCUT2D eigenvalue weighted by molar-refractivity contribution is -0.0231. The van der Waals surface area contributed by atoms with Crippen LogP contribution in [0.15, 0.2) is 12.1 Å². The number of hydrogen-bond acceptors (Lipinski definition) is 3. The largest absolute Gasteiger partial charge is 0.454 e. The zero-order chi connectivity index (χ0) is 15.6. The lowest BCUT2D eigenvalue weighted by atomic mass is 9.91. The predicted molar refractivity (Wildman–Crippen MR) is 110 cm³/mol. The van der Waals surface area contributed by atoms with Crippen LogP contribution in [0.2, 0.25) is 0 Å². The molecule has 1 aromatic rings. The monoisotopic (exact) mass is 625 g/mol. The molecule has 1 N–H and O–H groups in total. The molecule has 0 saturated carbocycles. The van der Waals surface area contributed by atoms with Gasteiger partial charge in [0.25, 0.3) is 0 Å². The highest BCUT2D eigenvalue weighted by Gasteiger charge is 2.34. The van der Waals surface area contributed by atoms with Gasteiger partial charge in [0.15, 0.2) is 0 Å². The molecule has 116 valence electrons. The first kappa shape index (κ1) is 18.2. The molecule has 0 radical (unpaired) electrons. The van der Waals surface area contributed by atoms with E-state index in [4.69, 9.17) is 4.74 Å². The average Bonchev–Trinajstić information content (AvgIpc) is 2.43. The van der Waals surface area contributed by atoms with Gasteiger partial charge >= 0.3 is 5.97 Å². The van der Waals surface area contributed by atoms with E-state index in [9.17, 15) is 4.79 Å². The van der Waals surface area contributed by atoms with Gasteiger partial charge in [-0.25, -0.2) is 4.79 Å². The summed E-state index contributed by atoms with van der Waals surface area (Å²) in [5.74, 6) is -0.229. The van der Waals surface area contributed by atoms with E-state index >= 15 is 0 Å². The SMILES string of the molecule is CC(C)(OC(=O)c1cc(I)cc(I)c1I)C1CCCCN1. The highest BCUT2D eigenvalue weighted by Crippen LogP contribution is 2.27. The van der Waals surface area contributed by atoms with Gasteiger partial charge in [-0.05, 0) is 113 Å². The van der Waals surface area contributed by atoms with E-state index in [2.05, 4.69) is 79.2 Å². The molecule has 0 amide bonds. The molecule has 1 fully saturated rings. The van der Waals surface area contributed by atoms with Crippen LogP contribution >= 0.6 is 67.8 Å². The molecule has 1 unspecified atom stereocenters. The van der Waals surface area contributed by atoms with Crippen LogP contribution in [0, 0.1) is 10.7 Å². The zero-order valence-electron chi connectivity index (χ0n) is 12.0. The van der Waals surface area contributed by atoms with E-state index in [0.29, 0.717) is 5.56 Å². The Bertz CT molecular complexity index is 540. The van der Waals surface area contributed by atoms with Crippen molar-refractivity contribution in [2.24, 2.45) is 0 Å². The van der Waals surface area contributed by atoms with Crippen molar-refractivity contribution < 1.29 is 9.53 Å². The minimum Gasteiger partial charge on any atom is -0.454 e. The maximum atomic E-state index is 12.6. The van der Waals surface area contributed by atoms with Crippen molar-refractivity contribution in [2.45, 2.75) is 44.8 Å². The van der Waals surface area contributed by atoms with Gasteiger partial charge in [0.05, 0.1) is 5.56 Å². The molecule has 6 heteroatoms. The molecular formula is C15H18I3NO2. The van der Waals surface area contributed by atoms with Crippen molar-refractivity contribution >= 4 is 73.7 Å². The second-order valence-electron chi connectivity index (χ2n) is 5.74. The molecule has 3 nitrogen and oxygen atoms in total. The Hall–Kier alpha value is 0.840. The summed E-state index contributed by atoms with van der Waals surface area (Å²) in [5.41, 5.74) is 0.170. The molecule has 21 heavy (non-hydrogen) atoms. The second-order valence-corrected chi connectivity index (χ2v) is 9.23.